The fraction of sp³-hybridized carbons (Fsp3) is 0.263. The summed E-state index contributed by atoms with van der Waals surface area (Å²) < 4.78 is 5.52. The van der Waals surface area contributed by atoms with E-state index in [9.17, 15) is 9.59 Å². The molecule has 0 heterocycles. The van der Waals surface area contributed by atoms with Crippen LogP contribution in [0.4, 0.5) is 0 Å². The topological polar surface area (TPSA) is 58.6 Å². The zero-order valence-electron chi connectivity index (χ0n) is 14.5. The van der Waals surface area contributed by atoms with E-state index in [4.69, 9.17) is 27.9 Å². The Morgan fingerprint density at radius 2 is 1.81 bits per heavy atom. The molecule has 0 spiro atoms. The second-order valence-corrected chi connectivity index (χ2v) is 6.56. The summed E-state index contributed by atoms with van der Waals surface area (Å²) in [7, 11) is 1.53. The Morgan fingerprint density at radius 1 is 1.12 bits per heavy atom. The first-order valence-corrected chi connectivity index (χ1v) is 8.80. The second kappa shape index (κ2) is 9.46. The van der Waals surface area contributed by atoms with E-state index in [2.05, 4.69) is 5.32 Å². The van der Waals surface area contributed by atoms with Gasteiger partial charge in [-0.15, -0.1) is 0 Å². The molecule has 0 fully saturated rings. The quantitative estimate of drug-likeness (QED) is 0.780. The van der Waals surface area contributed by atoms with Crippen LogP contribution in [0, 0.1) is 0 Å². The molecule has 0 saturated heterocycles. The van der Waals surface area contributed by atoms with Gasteiger partial charge in [0.05, 0.1) is 0 Å². The molecule has 2 aromatic carbocycles. The van der Waals surface area contributed by atoms with Crippen LogP contribution in [-0.4, -0.2) is 36.4 Å². The molecule has 138 valence electrons. The van der Waals surface area contributed by atoms with Gasteiger partial charge in [-0.1, -0.05) is 41.4 Å². The summed E-state index contributed by atoms with van der Waals surface area (Å²) in [5.41, 5.74) is 0.862. The van der Waals surface area contributed by atoms with Crippen molar-refractivity contribution in [3.05, 3.63) is 64.1 Å². The van der Waals surface area contributed by atoms with E-state index in [1.165, 1.54) is 11.9 Å². The Kier molecular flexibility index (Phi) is 7.30. The molecule has 2 amide bonds. The summed E-state index contributed by atoms with van der Waals surface area (Å²) in [5, 5.41) is 3.69. The third-order valence-corrected chi connectivity index (χ3v) is 4.33. The molecular formula is C19H20Cl2N2O3. The third kappa shape index (κ3) is 5.64. The number of ether oxygens (including phenoxy) is 1. The highest BCUT2D eigenvalue weighted by Gasteiger charge is 2.25. The molecule has 5 nitrogen and oxygen atoms in total. The van der Waals surface area contributed by atoms with E-state index in [1.54, 1.807) is 43.3 Å². The molecule has 26 heavy (non-hydrogen) atoms. The Bertz CT molecular complexity index is 766. The van der Waals surface area contributed by atoms with Gasteiger partial charge >= 0.3 is 0 Å². The number of hydrogen-bond acceptors (Lipinski definition) is 3. The largest absolute Gasteiger partial charge is 0.484 e. The van der Waals surface area contributed by atoms with Crippen LogP contribution >= 0.6 is 23.2 Å². The molecule has 7 heteroatoms. The first kappa shape index (κ1) is 20.1. The Labute approximate surface area is 162 Å². The minimum Gasteiger partial charge on any atom is -0.484 e. The summed E-state index contributed by atoms with van der Waals surface area (Å²) in [4.78, 5) is 26.2. The molecule has 0 radical (unpaired) electrons. The van der Waals surface area contributed by atoms with Crippen LogP contribution in [0.2, 0.25) is 10.0 Å². The molecule has 1 N–H and O–H groups in total. The maximum Gasteiger partial charge on any atom is 0.261 e. The van der Waals surface area contributed by atoms with Gasteiger partial charge in [0, 0.05) is 23.6 Å². The summed E-state index contributed by atoms with van der Waals surface area (Å²) in [5.74, 6) is -0.0732. The predicted octanol–water partition coefficient (Wildman–Crippen LogP) is 3.54. The highest BCUT2D eigenvalue weighted by molar-refractivity contribution is 6.30. The first-order valence-electron chi connectivity index (χ1n) is 8.04. The maximum atomic E-state index is 12.7. The van der Waals surface area contributed by atoms with Crippen LogP contribution in [0.1, 0.15) is 12.5 Å². The smallest absolute Gasteiger partial charge is 0.261 e. The number of carbonyl (C=O) groups is 2. The van der Waals surface area contributed by atoms with E-state index in [-0.39, 0.29) is 25.0 Å². The van der Waals surface area contributed by atoms with Crippen LogP contribution in [0.5, 0.6) is 5.75 Å². The molecular weight excluding hydrogens is 375 g/mol. The SMILES string of the molecule is CNC(=O)[C@H](C)N(Cc1ccc(Cl)cc1)C(=O)COc1cccc(Cl)c1. The van der Waals surface area contributed by atoms with Gasteiger partial charge < -0.3 is 15.0 Å². The monoisotopic (exact) mass is 394 g/mol. The lowest BCUT2D eigenvalue weighted by Gasteiger charge is -2.28. The Balaban J connectivity index is 2.12. The lowest BCUT2D eigenvalue weighted by atomic mass is 10.1. The zero-order valence-corrected chi connectivity index (χ0v) is 16.1. The lowest BCUT2D eigenvalue weighted by Crippen LogP contribution is -2.48. The Morgan fingerprint density at radius 3 is 2.42 bits per heavy atom. The number of likely N-dealkylation sites (N-methyl/N-ethyl adjacent to an activating group) is 1. The molecule has 0 bridgehead atoms. The minimum atomic E-state index is -0.647. The third-order valence-electron chi connectivity index (χ3n) is 3.84. The summed E-state index contributed by atoms with van der Waals surface area (Å²) in [6.45, 7) is 1.74. The van der Waals surface area contributed by atoms with Crippen molar-refractivity contribution in [1.29, 1.82) is 0 Å². The van der Waals surface area contributed by atoms with Crippen molar-refractivity contribution in [2.45, 2.75) is 19.5 Å². The van der Waals surface area contributed by atoms with E-state index in [1.807, 2.05) is 12.1 Å². The van der Waals surface area contributed by atoms with Gasteiger partial charge in [-0.25, -0.2) is 0 Å². The highest BCUT2D eigenvalue weighted by Crippen LogP contribution is 2.18. The molecule has 0 aliphatic heterocycles. The number of nitrogens with zero attached hydrogens (tertiary/aromatic N) is 1. The summed E-state index contributed by atoms with van der Waals surface area (Å²) >= 11 is 11.8. The van der Waals surface area contributed by atoms with Gasteiger partial charge in [-0.2, -0.15) is 0 Å². The molecule has 2 aromatic rings. The van der Waals surface area contributed by atoms with Gasteiger partial charge in [0.2, 0.25) is 5.91 Å². The van der Waals surface area contributed by atoms with Gasteiger partial charge in [-0.3, -0.25) is 9.59 Å². The molecule has 0 aliphatic rings. The standard InChI is InChI=1S/C19H20Cl2N2O3/c1-13(19(25)22-2)23(11-14-6-8-15(20)9-7-14)18(24)12-26-17-5-3-4-16(21)10-17/h3-10,13H,11-12H2,1-2H3,(H,22,25)/t13-/m0/s1. The second-order valence-electron chi connectivity index (χ2n) is 5.68. The number of carbonyl (C=O) groups excluding carboxylic acids is 2. The van der Waals surface area contributed by atoms with Crippen LogP contribution in [0.15, 0.2) is 48.5 Å². The maximum absolute atomic E-state index is 12.7. The summed E-state index contributed by atoms with van der Waals surface area (Å²) in [6, 6.07) is 13.3. The van der Waals surface area contributed by atoms with E-state index < -0.39 is 6.04 Å². The van der Waals surface area contributed by atoms with Crippen LogP contribution < -0.4 is 10.1 Å². The highest BCUT2D eigenvalue weighted by atomic mass is 35.5. The number of halogens is 2. The van der Waals surface area contributed by atoms with E-state index >= 15 is 0 Å². The lowest BCUT2D eigenvalue weighted by molar-refractivity contribution is -0.142. The fourth-order valence-electron chi connectivity index (χ4n) is 2.36. The van der Waals surface area contributed by atoms with Crippen LogP contribution in [-0.2, 0) is 16.1 Å². The zero-order chi connectivity index (χ0) is 19.1. The van der Waals surface area contributed by atoms with Gasteiger partial charge in [0.25, 0.3) is 5.91 Å². The Hall–Kier alpha value is -2.24. The van der Waals surface area contributed by atoms with Gasteiger partial charge in [0.15, 0.2) is 6.61 Å². The molecule has 2 rings (SSSR count). The van der Waals surface area contributed by atoms with E-state index in [0.29, 0.717) is 15.8 Å². The first-order chi connectivity index (χ1) is 12.4. The average molecular weight is 395 g/mol. The van der Waals surface area contributed by atoms with Crippen LogP contribution in [0.25, 0.3) is 0 Å². The van der Waals surface area contributed by atoms with Crippen molar-refractivity contribution >= 4 is 35.0 Å². The van der Waals surface area contributed by atoms with Gasteiger partial charge in [0.1, 0.15) is 11.8 Å². The number of benzene rings is 2. The molecule has 0 unspecified atom stereocenters. The molecule has 0 aromatic heterocycles. The van der Waals surface area contributed by atoms with E-state index in [0.717, 1.165) is 5.56 Å². The normalized spacial score (nSPS) is 11.5. The molecule has 0 aliphatic carbocycles. The van der Waals surface area contributed by atoms with Crippen molar-refractivity contribution < 1.29 is 14.3 Å². The number of amides is 2. The van der Waals surface area contributed by atoms with Crippen molar-refractivity contribution in [2.75, 3.05) is 13.7 Å². The molecule has 0 saturated carbocycles. The van der Waals surface area contributed by atoms with Crippen LogP contribution in [0.3, 0.4) is 0 Å². The number of hydrogen-bond donors (Lipinski definition) is 1. The van der Waals surface area contributed by atoms with Crippen molar-refractivity contribution in [1.82, 2.24) is 10.2 Å². The predicted molar refractivity (Wildman–Crippen MR) is 102 cm³/mol. The summed E-state index contributed by atoms with van der Waals surface area (Å²) in [6.07, 6.45) is 0. The van der Waals surface area contributed by atoms with Gasteiger partial charge in [-0.05, 0) is 42.8 Å². The minimum absolute atomic E-state index is 0.199. The number of rotatable bonds is 7. The average Bonchev–Trinajstić information content (AvgIpc) is 2.64. The van der Waals surface area contributed by atoms with Crippen molar-refractivity contribution in [2.24, 2.45) is 0 Å². The van der Waals surface area contributed by atoms with Crippen molar-refractivity contribution in [3.63, 3.8) is 0 Å². The molecule has 1 atom stereocenters. The fourth-order valence-corrected chi connectivity index (χ4v) is 2.67. The van der Waals surface area contributed by atoms with Crippen molar-refractivity contribution in [3.8, 4) is 5.75 Å². The number of nitrogens with one attached hydrogen (secondary N) is 1.